The number of hydrogen-bond donors (Lipinski definition) is 1. The number of halogens is 2. The highest BCUT2D eigenvalue weighted by Crippen LogP contribution is 2.31. The van der Waals surface area contributed by atoms with Crippen LogP contribution in [0, 0.1) is 5.82 Å². The van der Waals surface area contributed by atoms with Crippen molar-refractivity contribution in [3.8, 4) is 22.7 Å². The summed E-state index contributed by atoms with van der Waals surface area (Å²) in [6.07, 6.45) is -0.843. The molecular formula is C19H17ClFNO3. The van der Waals surface area contributed by atoms with E-state index in [0.29, 0.717) is 34.5 Å². The molecule has 1 atom stereocenters. The van der Waals surface area contributed by atoms with Gasteiger partial charge >= 0.3 is 0 Å². The highest BCUT2D eigenvalue weighted by atomic mass is 35.5. The van der Waals surface area contributed by atoms with Gasteiger partial charge in [-0.2, -0.15) is 0 Å². The molecule has 0 saturated heterocycles. The maximum absolute atomic E-state index is 13.1. The largest absolute Gasteiger partial charge is 0.440 e. The maximum Gasteiger partial charge on any atom is 0.226 e. The standard InChI is InChI=1S/C19H17ClFNO3/c1-2-24-17(23)11-16-18(12-3-7-14(20)8-4-12)22-19(25-16)13-5-9-15(21)10-6-13/h3-10,17,23H,2,11H2,1H3. The first kappa shape index (κ1) is 17.6. The van der Waals surface area contributed by atoms with Gasteiger partial charge in [0.05, 0.1) is 6.42 Å². The van der Waals surface area contributed by atoms with E-state index in [0.717, 1.165) is 5.56 Å². The number of ether oxygens (including phenoxy) is 1. The van der Waals surface area contributed by atoms with Crippen LogP contribution in [-0.4, -0.2) is 23.0 Å². The molecule has 0 radical (unpaired) electrons. The third kappa shape index (κ3) is 4.25. The molecule has 0 aliphatic heterocycles. The fourth-order valence-corrected chi connectivity index (χ4v) is 2.58. The van der Waals surface area contributed by atoms with Gasteiger partial charge in [0.25, 0.3) is 0 Å². The molecule has 1 unspecified atom stereocenters. The molecule has 3 rings (SSSR count). The summed E-state index contributed by atoms with van der Waals surface area (Å²) in [6.45, 7) is 2.18. The van der Waals surface area contributed by atoms with Gasteiger partial charge in [0, 0.05) is 22.8 Å². The molecule has 0 amide bonds. The molecule has 0 saturated carbocycles. The van der Waals surface area contributed by atoms with E-state index in [-0.39, 0.29) is 12.2 Å². The van der Waals surface area contributed by atoms with Crippen LogP contribution in [0.2, 0.25) is 5.02 Å². The Bertz CT molecular complexity index is 831. The van der Waals surface area contributed by atoms with E-state index in [1.165, 1.54) is 12.1 Å². The molecule has 0 fully saturated rings. The average Bonchev–Trinajstić information content (AvgIpc) is 3.00. The summed E-state index contributed by atoms with van der Waals surface area (Å²) in [5.74, 6) is 0.506. The number of oxazole rings is 1. The highest BCUT2D eigenvalue weighted by molar-refractivity contribution is 6.30. The van der Waals surface area contributed by atoms with Crippen LogP contribution in [-0.2, 0) is 11.2 Å². The lowest BCUT2D eigenvalue weighted by molar-refractivity contribution is -0.0949. The number of benzene rings is 2. The van der Waals surface area contributed by atoms with Crippen molar-refractivity contribution in [3.63, 3.8) is 0 Å². The summed E-state index contributed by atoms with van der Waals surface area (Å²) in [6, 6.07) is 13.0. The summed E-state index contributed by atoms with van der Waals surface area (Å²) in [5, 5.41) is 10.6. The summed E-state index contributed by atoms with van der Waals surface area (Å²) < 4.78 is 24.2. The van der Waals surface area contributed by atoms with E-state index in [1.54, 1.807) is 31.2 Å². The zero-order valence-corrected chi connectivity index (χ0v) is 14.3. The topological polar surface area (TPSA) is 55.5 Å². The summed E-state index contributed by atoms with van der Waals surface area (Å²) in [7, 11) is 0. The second-order valence-electron chi connectivity index (χ2n) is 5.42. The Labute approximate surface area is 149 Å². The van der Waals surface area contributed by atoms with Gasteiger partial charge in [0.2, 0.25) is 5.89 Å². The quantitative estimate of drug-likeness (QED) is 0.647. The minimum absolute atomic E-state index is 0.153. The Balaban J connectivity index is 2.01. The van der Waals surface area contributed by atoms with Crippen LogP contribution in [0.4, 0.5) is 4.39 Å². The Hall–Kier alpha value is -2.21. The van der Waals surface area contributed by atoms with Gasteiger partial charge in [-0.3, -0.25) is 0 Å². The van der Waals surface area contributed by atoms with E-state index >= 15 is 0 Å². The van der Waals surface area contributed by atoms with Crippen LogP contribution < -0.4 is 0 Å². The van der Waals surface area contributed by atoms with Gasteiger partial charge in [-0.15, -0.1) is 0 Å². The third-order valence-corrected chi connectivity index (χ3v) is 3.88. The molecule has 4 nitrogen and oxygen atoms in total. The number of nitrogens with zero attached hydrogens (tertiary/aromatic N) is 1. The lowest BCUT2D eigenvalue weighted by Gasteiger charge is -2.09. The van der Waals surface area contributed by atoms with Gasteiger partial charge in [-0.1, -0.05) is 23.7 Å². The van der Waals surface area contributed by atoms with Crippen LogP contribution in [0.25, 0.3) is 22.7 Å². The molecule has 0 aliphatic rings. The average molecular weight is 362 g/mol. The first-order chi connectivity index (χ1) is 12.1. The van der Waals surface area contributed by atoms with Crippen LogP contribution in [0.15, 0.2) is 52.9 Å². The number of rotatable bonds is 6. The molecule has 1 aromatic heterocycles. The minimum Gasteiger partial charge on any atom is -0.440 e. The zero-order chi connectivity index (χ0) is 17.8. The van der Waals surface area contributed by atoms with Crippen molar-refractivity contribution in [1.82, 2.24) is 4.98 Å². The first-order valence-corrected chi connectivity index (χ1v) is 8.26. The minimum atomic E-state index is -0.995. The van der Waals surface area contributed by atoms with Crippen molar-refractivity contribution in [2.45, 2.75) is 19.6 Å². The van der Waals surface area contributed by atoms with Crippen molar-refractivity contribution in [2.75, 3.05) is 6.61 Å². The van der Waals surface area contributed by atoms with E-state index in [9.17, 15) is 9.50 Å². The summed E-state index contributed by atoms with van der Waals surface area (Å²) in [4.78, 5) is 4.52. The van der Waals surface area contributed by atoms with E-state index in [1.807, 2.05) is 12.1 Å². The molecule has 1 heterocycles. The molecule has 0 aliphatic carbocycles. The van der Waals surface area contributed by atoms with Crippen molar-refractivity contribution in [1.29, 1.82) is 0 Å². The lowest BCUT2D eigenvalue weighted by Crippen LogP contribution is -2.14. The first-order valence-electron chi connectivity index (χ1n) is 7.88. The highest BCUT2D eigenvalue weighted by Gasteiger charge is 2.19. The molecular weight excluding hydrogens is 345 g/mol. The van der Waals surface area contributed by atoms with E-state index in [2.05, 4.69) is 4.98 Å². The molecule has 0 spiro atoms. The Morgan fingerprint density at radius 3 is 2.40 bits per heavy atom. The van der Waals surface area contributed by atoms with E-state index in [4.69, 9.17) is 20.8 Å². The van der Waals surface area contributed by atoms with Crippen LogP contribution in [0.5, 0.6) is 0 Å². The second kappa shape index (κ2) is 7.78. The number of aliphatic hydroxyl groups excluding tert-OH is 1. The van der Waals surface area contributed by atoms with Crippen molar-refractivity contribution in [2.24, 2.45) is 0 Å². The fraction of sp³-hybridized carbons (Fsp3) is 0.211. The number of aliphatic hydroxyl groups is 1. The monoisotopic (exact) mass is 361 g/mol. The van der Waals surface area contributed by atoms with Crippen molar-refractivity contribution < 1.29 is 18.7 Å². The van der Waals surface area contributed by atoms with Gasteiger partial charge in [0.1, 0.15) is 17.3 Å². The smallest absolute Gasteiger partial charge is 0.226 e. The predicted octanol–water partition coefficient (Wildman–Crippen LogP) is 4.70. The van der Waals surface area contributed by atoms with Gasteiger partial charge < -0.3 is 14.3 Å². The SMILES string of the molecule is CCOC(O)Cc1oc(-c2ccc(F)cc2)nc1-c1ccc(Cl)cc1. The molecule has 6 heteroatoms. The molecule has 0 bridgehead atoms. The lowest BCUT2D eigenvalue weighted by atomic mass is 10.1. The van der Waals surface area contributed by atoms with E-state index < -0.39 is 6.29 Å². The molecule has 2 aromatic carbocycles. The van der Waals surface area contributed by atoms with Gasteiger partial charge in [-0.25, -0.2) is 9.37 Å². The van der Waals surface area contributed by atoms with Crippen molar-refractivity contribution >= 4 is 11.6 Å². The Morgan fingerprint density at radius 2 is 1.76 bits per heavy atom. The van der Waals surface area contributed by atoms with Crippen molar-refractivity contribution in [3.05, 3.63) is 65.1 Å². The summed E-state index contributed by atoms with van der Waals surface area (Å²) in [5.41, 5.74) is 2.05. The molecule has 1 N–H and O–H groups in total. The maximum atomic E-state index is 13.1. The fourth-order valence-electron chi connectivity index (χ4n) is 2.45. The second-order valence-corrected chi connectivity index (χ2v) is 5.86. The predicted molar refractivity (Wildman–Crippen MR) is 93.7 cm³/mol. The molecule has 3 aromatic rings. The zero-order valence-electron chi connectivity index (χ0n) is 13.6. The number of hydrogen-bond acceptors (Lipinski definition) is 4. The van der Waals surface area contributed by atoms with Crippen LogP contribution in [0.3, 0.4) is 0 Å². The molecule has 130 valence electrons. The van der Waals surface area contributed by atoms with Crippen LogP contribution in [0.1, 0.15) is 12.7 Å². The number of aromatic nitrogens is 1. The Morgan fingerprint density at radius 1 is 1.12 bits per heavy atom. The summed E-state index contributed by atoms with van der Waals surface area (Å²) >= 11 is 5.94. The third-order valence-electron chi connectivity index (χ3n) is 3.63. The van der Waals surface area contributed by atoms with Gasteiger partial charge in [-0.05, 0) is 43.3 Å². The van der Waals surface area contributed by atoms with Gasteiger partial charge in [0.15, 0.2) is 6.29 Å². The molecule has 25 heavy (non-hydrogen) atoms. The van der Waals surface area contributed by atoms with Crippen LogP contribution >= 0.6 is 11.6 Å². The normalized spacial score (nSPS) is 12.3. The Kier molecular flexibility index (Phi) is 5.48.